The van der Waals surface area contributed by atoms with Crippen LogP contribution in [0.5, 0.6) is 0 Å². The second-order valence-corrected chi connectivity index (χ2v) is 15.5. The molecular weight excluding hydrogens is 859 g/mol. The van der Waals surface area contributed by atoms with Gasteiger partial charge in [-0.3, -0.25) is 34.8 Å². The van der Waals surface area contributed by atoms with E-state index in [1.807, 2.05) is 29.7 Å². The third kappa shape index (κ3) is 11.3. The fourth-order valence-corrected chi connectivity index (χ4v) is 7.54. The van der Waals surface area contributed by atoms with E-state index in [2.05, 4.69) is 60.1 Å². The number of imidazole rings is 1. The number of alkyl halides is 6. The highest BCUT2D eigenvalue weighted by Gasteiger charge is 2.33. The van der Waals surface area contributed by atoms with Gasteiger partial charge in [0.05, 0.1) is 58.3 Å². The van der Waals surface area contributed by atoms with Gasteiger partial charge >= 0.3 is 12.4 Å². The van der Waals surface area contributed by atoms with Crippen LogP contribution in [0.1, 0.15) is 46.6 Å². The first-order chi connectivity index (χ1) is 31.1. The maximum Gasteiger partial charge on any atom is 0.417 e. The molecule has 2 aliphatic heterocycles. The number of H-pyrrole nitrogens is 3. The lowest BCUT2D eigenvalue weighted by atomic mass is 10.1. The number of piperazine rings is 2. The quantitative estimate of drug-likeness (QED) is 0.0865. The number of aromatic amines is 3. The van der Waals surface area contributed by atoms with Gasteiger partial charge in [-0.15, -0.1) is 0 Å². The Morgan fingerprint density at radius 2 is 1.23 bits per heavy atom. The third-order valence-electron chi connectivity index (χ3n) is 10.9. The van der Waals surface area contributed by atoms with Gasteiger partial charge in [0.1, 0.15) is 23.0 Å². The van der Waals surface area contributed by atoms with Gasteiger partial charge in [0.15, 0.2) is 12.1 Å². The average molecular weight is 905 g/mol. The zero-order chi connectivity index (χ0) is 46.3. The molecule has 0 saturated carbocycles. The van der Waals surface area contributed by atoms with Crippen molar-refractivity contribution in [1.29, 1.82) is 0 Å². The molecule has 0 aliphatic carbocycles. The Morgan fingerprint density at radius 3 is 1.72 bits per heavy atom. The van der Waals surface area contributed by atoms with Crippen molar-refractivity contribution in [3.63, 3.8) is 0 Å². The predicted molar refractivity (Wildman–Crippen MR) is 231 cm³/mol. The maximum atomic E-state index is 12.8. The molecule has 0 amide bonds. The Bertz CT molecular complexity index is 2570. The van der Waals surface area contributed by atoms with Crippen LogP contribution >= 0.6 is 0 Å². The minimum Gasteiger partial charge on any atom is -0.397 e. The second-order valence-electron chi connectivity index (χ2n) is 15.5. The molecule has 7 aromatic heterocycles. The lowest BCUT2D eigenvalue weighted by Crippen LogP contribution is -2.51. The number of hydrogen-bond acceptors (Lipinski definition) is 14. The number of anilines is 4. The summed E-state index contributed by atoms with van der Waals surface area (Å²) in [4.78, 5) is 43.2. The SMILES string of the molecule is C[C@@H]1CN(Cc2cn[nH]c2-c2nc3ccncc3[nH]2)CCN1c1ccc(C(F)(F)F)cn1.C[C@@H]1CN(Cc2cn[nH]c2C=O)CCN1c1ccc(C(F)(F)F)cn1.Nc1ccncc1N. The molecule has 0 unspecified atom stereocenters. The molecule has 0 bridgehead atoms. The minimum absolute atomic E-state index is 0.0876. The summed E-state index contributed by atoms with van der Waals surface area (Å²) in [5, 5.41) is 13.8. The van der Waals surface area contributed by atoms with Crippen molar-refractivity contribution in [2.24, 2.45) is 0 Å². The zero-order valence-electron chi connectivity index (χ0n) is 35.2. The predicted octanol–water partition coefficient (Wildman–Crippen LogP) is 6.07. The summed E-state index contributed by atoms with van der Waals surface area (Å²) >= 11 is 0. The first-order valence-corrected chi connectivity index (χ1v) is 20.4. The van der Waals surface area contributed by atoms with E-state index in [0.29, 0.717) is 67.3 Å². The summed E-state index contributed by atoms with van der Waals surface area (Å²) in [7, 11) is 0. The van der Waals surface area contributed by atoms with Gasteiger partial charge in [-0.2, -0.15) is 36.5 Å². The van der Waals surface area contributed by atoms with Crippen LogP contribution in [0, 0.1) is 0 Å². The Balaban J connectivity index is 0.000000169. The fourth-order valence-electron chi connectivity index (χ4n) is 7.54. The molecule has 7 aromatic rings. The number of nitrogens with zero attached hydrogens (tertiary/aromatic N) is 11. The number of aromatic nitrogens is 10. The number of carbonyl (C=O) groups is 1. The average Bonchev–Trinajstić information content (AvgIpc) is 4.05. The summed E-state index contributed by atoms with van der Waals surface area (Å²) in [6, 6.07) is 8.70. The van der Waals surface area contributed by atoms with Crippen LogP contribution in [0.15, 0.2) is 86.0 Å². The summed E-state index contributed by atoms with van der Waals surface area (Å²) in [6.45, 7) is 9.58. The van der Waals surface area contributed by atoms with Crippen molar-refractivity contribution in [3.8, 4) is 11.5 Å². The summed E-state index contributed by atoms with van der Waals surface area (Å²) in [6.07, 6.45) is 3.75. The number of fused-ring (bicyclic) bond motifs is 1. The van der Waals surface area contributed by atoms with Crippen molar-refractivity contribution in [1.82, 2.24) is 60.1 Å². The Hall–Kier alpha value is -7.14. The Labute approximate surface area is 368 Å². The van der Waals surface area contributed by atoms with Crippen molar-refractivity contribution >= 4 is 40.3 Å². The monoisotopic (exact) mass is 904 g/mol. The molecule has 0 aromatic carbocycles. The molecule has 9 rings (SSSR count). The largest absolute Gasteiger partial charge is 0.417 e. The van der Waals surface area contributed by atoms with E-state index in [0.717, 1.165) is 78.3 Å². The van der Waals surface area contributed by atoms with Gasteiger partial charge < -0.3 is 26.3 Å². The standard InChI is InChI=1S/C21H21F3N8.C16H18F3N5O.C5H7N3/c1-13-11-31(6-7-32(13)18-3-2-15(9-26-18)21(22,23)24)12-14-8-27-30-19(14)20-28-16-4-5-25-10-17(16)29-20;1-11-8-23(9-12-6-21-22-14(12)10-25)4-5-24(11)15-3-2-13(7-20-15)16(17,18)19;6-4-1-2-8-3-5(4)7/h2-5,8-10,13H,6-7,11-12H2,1H3,(H,27,30)(H,28,29);2-3,6-7,10-11H,4-5,8-9H2,1H3,(H,21,22);1-3H,7H2,(H2,6,8)/t13-;11-;/m11./s1. The van der Waals surface area contributed by atoms with E-state index >= 15 is 0 Å². The molecule has 65 heavy (non-hydrogen) atoms. The van der Waals surface area contributed by atoms with Gasteiger partial charge in [0.2, 0.25) is 0 Å². The second kappa shape index (κ2) is 19.7. The Kier molecular flexibility index (Phi) is 13.9. The van der Waals surface area contributed by atoms with E-state index in [9.17, 15) is 31.1 Å². The molecule has 0 radical (unpaired) electrons. The van der Waals surface area contributed by atoms with Crippen LogP contribution in [0.3, 0.4) is 0 Å². The number of rotatable bonds is 8. The van der Waals surface area contributed by atoms with E-state index in [4.69, 9.17) is 11.5 Å². The van der Waals surface area contributed by atoms with Crippen molar-refractivity contribution in [2.75, 3.05) is 60.5 Å². The number of nitrogens with two attached hydrogens (primary N) is 2. The van der Waals surface area contributed by atoms with Crippen molar-refractivity contribution in [2.45, 2.75) is 51.4 Å². The van der Waals surface area contributed by atoms with Gasteiger partial charge in [0, 0.05) is 100 Å². The number of carbonyl (C=O) groups excluding carboxylic acids is 1. The van der Waals surface area contributed by atoms with Gasteiger partial charge in [0.25, 0.3) is 0 Å². The van der Waals surface area contributed by atoms with Crippen LogP contribution in [-0.4, -0.2) is 118 Å². The lowest BCUT2D eigenvalue weighted by Gasteiger charge is -2.40. The third-order valence-corrected chi connectivity index (χ3v) is 10.9. The highest BCUT2D eigenvalue weighted by Crippen LogP contribution is 2.32. The molecular formula is C42H46F6N16O. The number of pyridine rings is 4. The molecule has 2 aliphatic rings. The first kappa shape index (κ1) is 45.9. The molecule has 7 N–H and O–H groups in total. The molecule has 0 spiro atoms. The number of hydrogen-bond donors (Lipinski definition) is 5. The van der Waals surface area contributed by atoms with Crippen LogP contribution in [0.2, 0.25) is 0 Å². The Morgan fingerprint density at radius 1 is 0.677 bits per heavy atom. The molecule has 2 atom stereocenters. The normalized spacial score (nSPS) is 17.3. The molecule has 2 saturated heterocycles. The highest BCUT2D eigenvalue weighted by molar-refractivity contribution is 5.78. The summed E-state index contributed by atoms with van der Waals surface area (Å²) in [5.41, 5.74) is 15.2. The molecule has 9 heterocycles. The summed E-state index contributed by atoms with van der Waals surface area (Å²) in [5.74, 6) is 1.81. The number of nitrogens with one attached hydrogen (secondary N) is 3. The molecule has 17 nitrogen and oxygen atoms in total. The van der Waals surface area contributed by atoms with Gasteiger partial charge in [-0.1, -0.05) is 0 Å². The van der Waals surface area contributed by atoms with Gasteiger partial charge in [-0.05, 0) is 50.2 Å². The van der Waals surface area contributed by atoms with E-state index in [1.54, 1.807) is 37.1 Å². The van der Waals surface area contributed by atoms with Crippen molar-refractivity contribution < 1.29 is 31.1 Å². The fraction of sp³-hybridized carbons (Fsp3) is 0.333. The molecule has 2 fully saturated rings. The lowest BCUT2D eigenvalue weighted by molar-refractivity contribution is -0.138. The van der Waals surface area contributed by atoms with Crippen LogP contribution < -0.4 is 21.3 Å². The van der Waals surface area contributed by atoms with Crippen LogP contribution in [0.4, 0.5) is 49.4 Å². The summed E-state index contributed by atoms with van der Waals surface area (Å²) < 4.78 is 76.3. The molecule has 342 valence electrons. The van der Waals surface area contributed by atoms with Gasteiger partial charge in [-0.25, -0.2) is 15.0 Å². The maximum absolute atomic E-state index is 12.8. The first-order valence-electron chi connectivity index (χ1n) is 20.4. The smallest absolute Gasteiger partial charge is 0.397 e. The van der Waals surface area contributed by atoms with E-state index in [-0.39, 0.29) is 12.1 Å². The number of halogens is 6. The van der Waals surface area contributed by atoms with Crippen LogP contribution in [0.25, 0.3) is 22.6 Å². The zero-order valence-corrected chi connectivity index (χ0v) is 35.2. The highest BCUT2D eigenvalue weighted by atomic mass is 19.4. The van der Waals surface area contributed by atoms with E-state index < -0.39 is 23.5 Å². The number of nitrogen functional groups attached to an aromatic ring is 2. The minimum atomic E-state index is -4.38. The molecule has 23 heteroatoms. The number of aldehydes is 1. The van der Waals surface area contributed by atoms with E-state index in [1.165, 1.54) is 18.3 Å². The van der Waals surface area contributed by atoms with Crippen molar-refractivity contribution in [3.05, 3.63) is 114 Å². The topological polar surface area (TPSA) is 220 Å². The van der Waals surface area contributed by atoms with Crippen LogP contribution in [-0.2, 0) is 25.4 Å².